The molecule has 0 radical (unpaired) electrons. The summed E-state index contributed by atoms with van der Waals surface area (Å²) in [6.45, 7) is 5.16. The summed E-state index contributed by atoms with van der Waals surface area (Å²) in [5, 5.41) is 2.79. The molecule has 1 unspecified atom stereocenters. The quantitative estimate of drug-likeness (QED) is 0.840. The third-order valence-corrected chi connectivity index (χ3v) is 2.25. The van der Waals surface area contributed by atoms with Crippen molar-refractivity contribution in [2.24, 2.45) is 11.7 Å². The highest BCUT2D eigenvalue weighted by Gasteiger charge is 2.15. The second-order valence-electron chi connectivity index (χ2n) is 3.86. The van der Waals surface area contributed by atoms with Gasteiger partial charge in [0.25, 0.3) is 0 Å². The predicted octanol–water partition coefficient (Wildman–Crippen LogP) is 0.826. The van der Waals surface area contributed by atoms with Crippen molar-refractivity contribution in [1.29, 1.82) is 0 Å². The molecule has 1 aromatic heterocycles. The molecule has 0 aliphatic rings. The highest BCUT2D eigenvalue weighted by molar-refractivity contribution is 5.85. The summed E-state index contributed by atoms with van der Waals surface area (Å²) in [5.41, 5.74) is 5.69. The Balaban J connectivity index is 0. The van der Waals surface area contributed by atoms with E-state index in [1.165, 1.54) is 0 Å². The van der Waals surface area contributed by atoms with Gasteiger partial charge in [-0.05, 0) is 5.92 Å². The maximum absolute atomic E-state index is 11.5. The summed E-state index contributed by atoms with van der Waals surface area (Å²) in [5.74, 6) is 0.0726. The molecule has 0 bridgehead atoms. The summed E-state index contributed by atoms with van der Waals surface area (Å²) in [6.07, 6.45) is 5.28. The Morgan fingerprint density at radius 1 is 1.47 bits per heavy atom. The van der Waals surface area contributed by atoms with E-state index in [-0.39, 0.29) is 36.6 Å². The largest absolute Gasteiger partial charge is 0.353 e. The minimum absolute atomic E-state index is 0. The molecular formula is C10H20Cl2N4O. The molecule has 0 fully saturated rings. The Labute approximate surface area is 114 Å². The maximum Gasteiger partial charge on any atom is 0.237 e. The summed E-state index contributed by atoms with van der Waals surface area (Å²) < 4.78 is 1.90. The number of imidazole rings is 1. The van der Waals surface area contributed by atoms with E-state index in [0.717, 1.165) is 6.54 Å². The number of rotatable bonds is 5. The number of hydrogen-bond acceptors (Lipinski definition) is 3. The van der Waals surface area contributed by atoms with Crippen LogP contribution in [-0.4, -0.2) is 28.0 Å². The fourth-order valence-corrected chi connectivity index (χ4v) is 1.15. The Bertz CT molecular complexity index is 303. The molecular weight excluding hydrogens is 263 g/mol. The second kappa shape index (κ2) is 9.27. The average Bonchev–Trinajstić information content (AvgIpc) is 2.69. The fraction of sp³-hybridized carbons (Fsp3) is 0.600. The van der Waals surface area contributed by atoms with Crippen molar-refractivity contribution < 1.29 is 4.79 Å². The highest BCUT2D eigenvalue weighted by Crippen LogP contribution is 1.97. The zero-order valence-corrected chi connectivity index (χ0v) is 11.6. The van der Waals surface area contributed by atoms with Crippen LogP contribution < -0.4 is 11.1 Å². The van der Waals surface area contributed by atoms with Crippen molar-refractivity contribution in [3.05, 3.63) is 18.7 Å². The van der Waals surface area contributed by atoms with Gasteiger partial charge in [0.05, 0.1) is 12.4 Å². The standard InChI is InChI=1S/C10H18N4O.2ClH/c1-8(2)9(11)10(15)13-4-6-14-5-3-12-7-14;;/h3,5,7-9H,4,6,11H2,1-2H3,(H,13,15);2*1H. The zero-order chi connectivity index (χ0) is 11.3. The van der Waals surface area contributed by atoms with Crippen molar-refractivity contribution >= 4 is 30.7 Å². The van der Waals surface area contributed by atoms with E-state index in [1.54, 1.807) is 12.5 Å². The van der Waals surface area contributed by atoms with Crippen LogP contribution in [0.5, 0.6) is 0 Å². The van der Waals surface area contributed by atoms with Crippen LogP contribution in [0.15, 0.2) is 18.7 Å². The van der Waals surface area contributed by atoms with Gasteiger partial charge in [-0.15, -0.1) is 24.8 Å². The summed E-state index contributed by atoms with van der Waals surface area (Å²) in [4.78, 5) is 15.4. The lowest BCUT2D eigenvalue weighted by atomic mass is 10.1. The van der Waals surface area contributed by atoms with Crippen molar-refractivity contribution in [2.75, 3.05) is 6.54 Å². The molecule has 100 valence electrons. The van der Waals surface area contributed by atoms with Crippen molar-refractivity contribution in [3.8, 4) is 0 Å². The Kier molecular flexibility index (Phi) is 10.1. The van der Waals surface area contributed by atoms with Gasteiger partial charge in [0, 0.05) is 25.5 Å². The van der Waals surface area contributed by atoms with E-state index in [0.29, 0.717) is 6.54 Å². The lowest BCUT2D eigenvalue weighted by Crippen LogP contribution is -2.44. The van der Waals surface area contributed by atoms with Crippen molar-refractivity contribution in [2.45, 2.75) is 26.4 Å². The van der Waals surface area contributed by atoms with E-state index in [1.807, 2.05) is 24.6 Å². The summed E-state index contributed by atoms with van der Waals surface area (Å²) in [7, 11) is 0. The SMILES string of the molecule is CC(C)C(N)C(=O)NCCn1ccnc1.Cl.Cl. The molecule has 3 N–H and O–H groups in total. The molecule has 1 aromatic rings. The summed E-state index contributed by atoms with van der Waals surface area (Å²) in [6, 6.07) is -0.423. The third kappa shape index (κ3) is 6.51. The molecule has 5 nitrogen and oxygen atoms in total. The minimum Gasteiger partial charge on any atom is -0.353 e. The molecule has 17 heavy (non-hydrogen) atoms. The van der Waals surface area contributed by atoms with E-state index in [9.17, 15) is 4.79 Å². The number of nitrogens with two attached hydrogens (primary N) is 1. The van der Waals surface area contributed by atoms with Gasteiger partial charge in [0.15, 0.2) is 0 Å². The van der Waals surface area contributed by atoms with Gasteiger partial charge in [-0.25, -0.2) is 4.98 Å². The van der Waals surface area contributed by atoms with Gasteiger partial charge in [-0.1, -0.05) is 13.8 Å². The molecule has 0 aliphatic carbocycles. The molecule has 0 aliphatic heterocycles. The van der Waals surface area contributed by atoms with E-state index in [2.05, 4.69) is 10.3 Å². The first-order chi connectivity index (χ1) is 7.11. The molecule has 1 rings (SSSR count). The number of nitrogens with zero attached hydrogens (tertiary/aromatic N) is 2. The first-order valence-corrected chi connectivity index (χ1v) is 5.10. The van der Waals surface area contributed by atoms with Crippen LogP contribution in [-0.2, 0) is 11.3 Å². The van der Waals surface area contributed by atoms with Crippen LogP contribution in [0, 0.1) is 5.92 Å². The van der Waals surface area contributed by atoms with Crippen LogP contribution in [0.25, 0.3) is 0 Å². The third-order valence-electron chi connectivity index (χ3n) is 2.25. The highest BCUT2D eigenvalue weighted by atomic mass is 35.5. The van der Waals surface area contributed by atoms with Crippen LogP contribution in [0.2, 0.25) is 0 Å². The number of aromatic nitrogens is 2. The minimum atomic E-state index is -0.423. The number of carbonyl (C=O) groups excluding carboxylic acids is 1. The van der Waals surface area contributed by atoms with Crippen LogP contribution in [0.3, 0.4) is 0 Å². The Hall–Kier alpha value is -0.780. The molecule has 1 heterocycles. The molecule has 1 atom stereocenters. The van der Waals surface area contributed by atoms with Gasteiger partial charge >= 0.3 is 0 Å². The average molecular weight is 283 g/mol. The molecule has 7 heteroatoms. The monoisotopic (exact) mass is 282 g/mol. The molecule has 0 aromatic carbocycles. The molecule has 0 saturated carbocycles. The number of nitrogens with one attached hydrogen (secondary N) is 1. The summed E-state index contributed by atoms with van der Waals surface area (Å²) >= 11 is 0. The van der Waals surface area contributed by atoms with Gasteiger partial charge < -0.3 is 15.6 Å². The number of halogens is 2. The maximum atomic E-state index is 11.5. The zero-order valence-electron chi connectivity index (χ0n) is 10.00. The van der Waals surface area contributed by atoms with Crippen molar-refractivity contribution in [1.82, 2.24) is 14.9 Å². The molecule has 1 amide bonds. The van der Waals surface area contributed by atoms with E-state index >= 15 is 0 Å². The fourth-order valence-electron chi connectivity index (χ4n) is 1.15. The smallest absolute Gasteiger partial charge is 0.237 e. The predicted molar refractivity (Wildman–Crippen MR) is 72.5 cm³/mol. The van der Waals surface area contributed by atoms with Crippen molar-refractivity contribution in [3.63, 3.8) is 0 Å². The Morgan fingerprint density at radius 2 is 2.12 bits per heavy atom. The lowest BCUT2D eigenvalue weighted by Gasteiger charge is -2.15. The van der Waals surface area contributed by atoms with Gasteiger partial charge in [0.1, 0.15) is 0 Å². The number of hydrogen-bond donors (Lipinski definition) is 2. The van der Waals surface area contributed by atoms with Gasteiger partial charge in [0.2, 0.25) is 5.91 Å². The van der Waals surface area contributed by atoms with Crippen LogP contribution >= 0.6 is 24.8 Å². The second-order valence-corrected chi connectivity index (χ2v) is 3.86. The normalized spacial score (nSPS) is 11.3. The first kappa shape index (κ1) is 18.6. The molecule has 0 saturated heterocycles. The Morgan fingerprint density at radius 3 is 2.59 bits per heavy atom. The van der Waals surface area contributed by atoms with E-state index < -0.39 is 6.04 Å². The topological polar surface area (TPSA) is 72.9 Å². The number of amides is 1. The van der Waals surface area contributed by atoms with Gasteiger partial charge in [-0.3, -0.25) is 4.79 Å². The van der Waals surface area contributed by atoms with Gasteiger partial charge in [-0.2, -0.15) is 0 Å². The molecule has 0 spiro atoms. The number of carbonyl (C=O) groups is 1. The van der Waals surface area contributed by atoms with Crippen LogP contribution in [0.1, 0.15) is 13.8 Å². The first-order valence-electron chi connectivity index (χ1n) is 5.10. The van der Waals surface area contributed by atoms with E-state index in [4.69, 9.17) is 5.73 Å². The van der Waals surface area contributed by atoms with Crippen LogP contribution in [0.4, 0.5) is 0 Å². The lowest BCUT2D eigenvalue weighted by molar-refractivity contribution is -0.123.